The topological polar surface area (TPSA) is 94.8 Å². The Labute approximate surface area is 163 Å². The molecule has 1 aliphatic heterocycles. The molecule has 0 radical (unpaired) electrons. The van der Waals surface area contributed by atoms with Crippen molar-refractivity contribution >= 4 is 27.4 Å². The van der Waals surface area contributed by atoms with E-state index in [1.54, 1.807) is 35.9 Å². The number of hydrogen-bond donors (Lipinski definition) is 1. The summed E-state index contributed by atoms with van der Waals surface area (Å²) in [7, 11) is 0. The quantitative estimate of drug-likeness (QED) is 0.570. The zero-order valence-electron chi connectivity index (χ0n) is 14.7. The number of fused-ring (bicyclic) bond motifs is 1. The first-order chi connectivity index (χ1) is 13.8. The lowest BCUT2D eigenvalue weighted by Gasteiger charge is -2.21. The first-order valence-corrected chi connectivity index (χ1v) is 9.70. The molecule has 0 aromatic carbocycles. The van der Waals surface area contributed by atoms with Crippen molar-refractivity contribution in [1.82, 2.24) is 24.7 Å². The molecule has 0 spiro atoms. The lowest BCUT2D eigenvalue weighted by molar-refractivity contribution is 0.183. The minimum Gasteiger partial charge on any atom is -0.377 e. The van der Waals surface area contributed by atoms with Crippen LogP contribution in [-0.4, -0.2) is 44.0 Å². The Morgan fingerprint density at radius 1 is 1.11 bits per heavy atom. The summed E-state index contributed by atoms with van der Waals surface area (Å²) in [5.41, 5.74) is 2.36. The Balaban J connectivity index is 1.49. The fraction of sp³-hybridized carbons (Fsp3) is 0.211. The number of nitrogens with one attached hydrogen (secondary N) is 1. The largest absolute Gasteiger partial charge is 0.377 e. The van der Waals surface area contributed by atoms with Gasteiger partial charge in [0.1, 0.15) is 18.2 Å². The summed E-state index contributed by atoms with van der Waals surface area (Å²) in [4.78, 5) is 25.2. The van der Waals surface area contributed by atoms with Crippen LogP contribution < -0.4 is 10.9 Å². The van der Waals surface area contributed by atoms with Gasteiger partial charge in [-0.05, 0) is 29.6 Å². The SMILES string of the molecule is O=c1ccc(-c2ccncc2)nn1C1COCC1Nc1ncnc2ccsc12. The molecule has 4 aromatic rings. The zero-order chi connectivity index (χ0) is 18.9. The van der Waals surface area contributed by atoms with Gasteiger partial charge in [0, 0.05) is 24.0 Å². The van der Waals surface area contributed by atoms with Crippen molar-refractivity contribution in [1.29, 1.82) is 0 Å². The van der Waals surface area contributed by atoms with Crippen molar-refractivity contribution in [3.05, 3.63) is 64.8 Å². The predicted octanol–water partition coefficient (Wildman–Crippen LogP) is 2.36. The summed E-state index contributed by atoms with van der Waals surface area (Å²) < 4.78 is 8.17. The summed E-state index contributed by atoms with van der Waals surface area (Å²) in [6.45, 7) is 0.873. The van der Waals surface area contributed by atoms with Gasteiger partial charge in [-0.15, -0.1) is 11.3 Å². The van der Waals surface area contributed by atoms with E-state index in [2.05, 4.69) is 25.4 Å². The Bertz CT molecular complexity index is 1180. The number of anilines is 1. The molecule has 140 valence electrons. The van der Waals surface area contributed by atoms with Crippen LogP contribution in [0, 0.1) is 0 Å². The van der Waals surface area contributed by atoms with Crippen LogP contribution in [0.15, 0.2) is 59.2 Å². The molecule has 4 aromatic heterocycles. The maximum absolute atomic E-state index is 12.5. The van der Waals surface area contributed by atoms with Crippen LogP contribution in [0.25, 0.3) is 21.5 Å². The zero-order valence-corrected chi connectivity index (χ0v) is 15.5. The van der Waals surface area contributed by atoms with Gasteiger partial charge in [0.05, 0.1) is 35.2 Å². The minimum atomic E-state index is -0.237. The molecule has 2 unspecified atom stereocenters. The summed E-state index contributed by atoms with van der Waals surface area (Å²) >= 11 is 1.58. The third kappa shape index (κ3) is 3.04. The van der Waals surface area contributed by atoms with Crippen LogP contribution in [0.5, 0.6) is 0 Å². The molecule has 0 aliphatic carbocycles. The van der Waals surface area contributed by atoms with Crippen molar-refractivity contribution in [2.24, 2.45) is 0 Å². The number of rotatable bonds is 4. The molecular formula is C19H16N6O2S. The Hall–Kier alpha value is -3.17. The molecule has 28 heavy (non-hydrogen) atoms. The predicted molar refractivity (Wildman–Crippen MR) is 106 cm³/mol. The van der Waals surface area contributed by atoms with Crippen molar-refractivity contribution in [2.45, 2.75) is 12.1 Å². The Kier molecular flexibility index (Phi) is 4.30. The van der Waals surface area contributed by atoms with Crippen LogP contribution in [0.2, 0.25) is 0 Å². The van der Waals surface area contributed by atoms with Crippen LogP contribution in [0.1, 0.15) is 6.04 Å². The molecule has 1 aliphatic rings. The fourth-order valence-corrected chi connectivity index (χ4v) is 4.13. The van der Waals surface area contributed by atoms with Gasteiger partial charge >= 0.3 is 0 Å². The smallest absolute Gasteiger partial charge is 0.267 e. The highest BCUT2D eigenvalue weighted by Gasteiger charge is 2.32. The second-order valence-corrected chi connectivity index (χ2v) is 7.37. The van der Waals surface area contributed by atoms with E-state index in [1.165, 1.54) is 11.0 Å². The molecule has 0 amide bonds. The van der Waals surface area contributed by atoms with Gasteiger partial charge < -0.3 is 10.1 Å². The summed E-state index contributed by atoms with van der Waals surface area (Å²) in [6.07, 6.45) is 4.95. The molecule has 1 fully saturated rings. The second-order valence-electron chi connectivity index (χ2n) is 6.45. The van der Waals surface area contributed by atoms with Gasteiger partial charge in [0.15, 0.2) is 0 Å². The minimum absolute atomic E-state index is 0.127. The van der Waals surface area contributed by atoms with E-state index in [0.29, 0.717) is 13.2 Å². The van der Waals surface area contributed by atoms with Crippen molar-refractivity contribution in [2.75, 3.05) is 18.5 Å². The molecule has 9 heteroatoms. The number of ether oxygens (including phenoxy) is 1. The second kappa shape index (κ2) is 7.10. The van der Waals surface area contributed by atoms with Gasteiger partial charge in [-0.2, -0.15) is 5.10 Å². The molecule has 8 nitrogen and oxygen atoms in total. The number of pyridine rings is 1. The maximum Gasteiger partial charge on any atom is 0.267 e. The van der Waals surface area contributed by atoms with E-state index < -0.39 is 0 Å². The molecule has 0 bridgehead atoms. The van der Waals surface area contributed by atoms with E-state index in [1.807, 2.05) is 23.6 Å². The van der Waals surface area contributed by atoms with Crippen molar-refractivity contribution in [3.63, 3.8) is 0 Å². The van der Waals surface area contributed by atoms with E-state index >= 15 is 0 Å². The first-order valence-electron chi connectivity index (χ1n) is 8.82. The number of nitrogens with zero attached hydrogens (tertiary/aromatic N) is 5. The standard InChI is InChI=1S/C19H16N6O2S/c26-17-2-1-13(12-3-6-20-7-4-12)24-25(17)16-10-27-9-15(16)23-19-18-14(5-8-28-18)21-11-22-19/h1-8,11,15-16H,9-10H2,(H,21,22,23). The average molecular weight is 392 g/mol. The number of thiophene rings is 1. The highest BCUT2D eigenvalue weighted by atomic mass is 32.1. The summed E-state index contributed by atoms with van der Waals surface area (Å²) in [5.74, 6) is 0.749. The van der Waals surface area contributed by atoms with E-state index in [-0.39, 0.29) is 17.6 Å². The van der Waals surface area contributed by atoms with E-state index in [9.17, 15) is 4.79 Å². The molecule has 2 atom stereocenters. The van der Waals surface area contributed by atoms with Crippen LogP contribution in [0.4, 0.5) is 5.82 Å². The van der Waals surface area contributed by atoms with Crippen molar-refractivity contribution in [3.8, 4) is 11.3 Å². The lowest BCUT2D eigenvalue weighted by atomic mass is 10.1. The third-order valence-corrected chi connectivity index (χ3v) is 5.64. The number of aromatic nitrogens is 5. The molecule has 5 rings (SSSR count). The Morgan fingerprint density at radius 2 is 2.00 bits per heavy atom. The van der Waals surface area contributed by atoms with Gasteiger partial charge in [0.2, 0.25) is 0 Å². The van der Waals surface area contributed by atoms with Crippen LogP contribution >= 0.6 is 11.3 Å². The van der Waals surface area contributed by atoms with Crippen molar-refractivity contribution < 1.29 is 4.74 Å². The fourth-order valence-electron chi connectivity index (χ4n) is 3.33. The van der Waals surface area contributed by atoms with Gasteiger partial charge in [-0.25, -0.2) is 14.6 Å². The average Bonchev–Trinajstić information content (AvgIpc) is 3.39. The third-order valence-electron chi connectivity index (χ3n) is 4.73. The highest BCUT2D eigenvalue weighted by Crippen LogP contribution is 2.28. The number of hydrogen-bond acceptors (Lipinski definition) is 8. The van der Waals surface area contributed by atoms with Gasteiger partial charge in [0.25, 0.3) is 5.56 Å². The Morgan fingerprint density at radius 3 is 2.89 bits per heavy atom. The monoisotopic (exact) mass is 392 g/mol. The molecule has 5 heterocycles. The highest BCUT2D eigenvalue weighted by molar-refractivity contribution is 7.17. The summed E-state index contributed by atoms with van der Waals surface area (Å²) in [6, 6.07) is 8.60. The van der Waals surface area contributed by atoms with E-state index in [0.717, 1.165) is 27.3 Å². The van der Waals surface area contributed by atoms with E-state index in [4.69, 9.17) is 4.74 Å². The molecule has 1 N–H and O–H groups in total. The maximum atomic E-state index is 12.5. The first kappa shape index (κ1) is 17.0. The van der Waals surface area contributed by atoms with Gasteiger partial charge in [-0.3, -0.25) is 9.78 Å². The van der Waals surface area contributed by atoms with Crippen LogP contribution in [0.3, 0.4) is 0 Å². The molecular weight excluding hydrogens is 376 g/mol. The molecule has 1 saturated heterocycles. The normalized spacial score (nSPS) is 19.1. The van der Waals surface area contributed by atoms with Crippen LogP contribution in [-0.2, 0) is 4.74 Å². The summed E-state index contributed by atoms with van der Waals surface area (Å²) in [5, 5.41) is 10.0. The lowest BCUT2D eigenvalue weighted by Crippen LogP contribution is -2.37. The molecule has 0 saturated carbocycles. The van der Waals surface area contributed by atoms with Gasteiger partial charge in [-0.1, -0.05) is 0 Å².